The lowest BCUT2D eigenvalue weighted by Crippen LogP contribution is -2.17. The van der Waals surface area contributed by atoms with Crippen molar-refractivity contribution in [3.8, 4) is 0 Å². The van der Waals surface area contributed by atoms with Gasteiger partial charge in [0.2, 0.25) is 0 Å². The van der Waals surface area contributed by atoms with Gasteiger partial charge in [-0.1, -0.05) is 19.3 Å². The number of carbonyl (C=O) groups is 1. The smallest absolute Gasteiger partial charge is 0.337 e. The molecule has 1 N–H and O–H groups in total. The van der Waals surface area contributed by atoms with Crippen LogP contribution in [0.2, 0.25) is 0 Å². The molecule has 0 radical (unpaired) electrons. The lowest BCUT2D eigenvalue weighted by atomic mass is 9.89. The van der Waals surface area contributed by atoms with E-state index in [1.165, 1.54) is 39.2 Å². The highest BCUT2D eigenvalue weighted by molar-refractivity contribution is 6.08. The van der Waals surface area contributed by atoms with Gasteiger partial charge in [-0.3, -0.25) is 0 Å². The van der Waals surface area contributed by atoms with Gasteiger partial charge in [0.1, 0.15) is 0 Å². The van der Waals surface area contributed by atoms with Gasteiger partial charge in [-0.25, -0.2) is 14.5 Å². The highest BCUT2D eigenvalue weighted by Gasteiger charge is 2.18. The average molecular weight is 366 g/mol. The second-order valence-electron chi connectivity index (χ2n) is 7.29. The van der Waals surface area contributed by atoms with Crippen LogP contribution in [0.1, 0.15) is 49.4 Å². The Morgan fingerprint density at radius 2 is 2.07 bits per heavy atom. The number of nitrogens with one attached hydrogen (secondary N) is 1. The third kappa shape index (κ3) is 3.36. The molecule has 2 aromatic heterocycles. The second-order valence-corrected chi connectivity index (χ2v) is 7.29. The summed E-state index contributed by atoms with van der Waals surface area (Å²) in [7, 11) is 1.40. The van der Waals surface area contributed by atoms with Crippen LogP contribution in [0.15, 0.2) is 24.4 Å². The fraction of sp³-hybridized carbons (Fsp3) is 0.476. The van der Waals surface area contributed by atoms with Crippen molar-refractivity contribution in [3.05, 3.63) is 30.0 Å². The van der Waals surface area contributed by atoms with Gasteiger partial charge in [-0.2, -0.15) is 5.10 Å². The minimum atomic E-state index is -0.334. The quantitative estimate of drug-likeness (QED) is 0.679. The van der Waals surface area contributed by atoms with Crippen molar-refractivity contribution in [2.75, 3.05) is 19.0 Å². The number of aromatic nitrogens is 3. The number of hydrogen-bond donors (Lipinski definition) is 1. The monoisotopic (exact) mass is 366 g/mol. The summed E-state index contributed by atoms with van der Waals surface area (Å²) in [6, 6.07) is 5.53. The molecule has 3 aromatic rings. The molecule has 0 unspecified atom stereocenters. The zero-order chi connectivity index (χ0) is 18.8. The van der Waals surface area contributed by atoms with Crippen molar-refractivity contribution < 1.29 is 9.53 Å². The first-order valence-corrected chi connectivity index (χ1v) is 9.82. The van der Waals surface area contributed by atoms with Crippen molar-refractivity contribution in [2.24, 2.45) is 5.92 Å². The Labute approximate surface area is 158 Å². The maximum absolute atomic E-state index is 12.0. The summed E-state index contributed by atoms with van der Waals surface area (Å²) in [4.78, 5) is 16.8. The van der Waals surface area contributed by atoms with Crippen LogP contribution in [0.4, 0.5) is 5.69 Å². The number of methoxy groups -OCH3 is 1. The van der Waals surface area contributed by atoms with Gasteiger partial charge in [0, 0.05) is 18.5 Å². The van der Waals surface area contributed by atoms with E-state index < -0.39 is 0 Å². The van der Waals surface area contributed by atoms with Crippen molar-refractivity contribution in [3.63, 3.8) is 0 Å². The predicted molar refractivity (Wildman–Crippen MR) is 107 cm³/mol. The van der Waals surface area contributed by atoms with Crippen LogP contribution < -0.4 is 5.32 Å². The first-order valence-electron chi connectivity index (χ1n) is 9.82. The fourth-order valence-corrected chi connectivity index (χ4v) is 4.07. The summed E-state index contributed by atoms with van der Waals surface area (Å²) in [6.07, 6.45) is 8.42. The van der Waals surface area contributed by atoms with Gasteiger partial charge >= 0.3 is 5.97 Å². The summed E-state index contributed by atoms with van der Waals surface area (Å²) in [5, 5.41) is 10.1. The number of nitrogens with zero attached hydrogens (tertiary/aromatic N) is 3. The highest BCUT2D eigenvalue weighted by atomic mass is 16.5. The number of aryl methyl sites for hydroxylation is 1. The van der Waals surface area contributed by atoms with Gasteiger partial charge in [0.15, 0.2) is 5.65 Å². The Kier molecular flexibility index (Phi) is 4.97. The average Bonchev–Trinajstić information content (AvgIpc) is 3.13. The lowest BCUT2D eigenvalue weighted by Gasteiger charge is -2.23. The SMILES string of the molecule is CCn1ncc2c(NCC3CCCCC3)c3cc(C(=O)OC)ccc3nc21. The summed E-state index contributed by atoms with van der Waals surface area (Å²) >= 11 is 0. The minimum absolute atomic E-state index is 0.334. The summed E-state index contributed by atoms with van der Waals surface area (Å²) in [5.74, 6) is 0.363. The molecule has 2 heterocycles. The van der Waals surface area contributed by atoms with E-state index in [0.29, 0.717) is 11.5 Å². The van der Waals surface area contributed by atoms with Crippen molar-refractivity contribution in [2.45, 2.75) is 45.6 Å². The van der Waals surface area contributed by atoms with Crippen LogP contribution in [-0.4, -0.2) is 34.4 Å². The Hall–Kier alpha value is -2.63. The van der Waals surface area contributed by atoms with Gasteiger partial charge in [-0.05, 0) is 43.9 Å². The molecular formula is C21H26N4O2. The fourth-order valence-electron chi connectivity index (χ4n) is 4.07. The van der Waals surface area contributed by atoms with Crippen LogP contribution in [0.25, 0.3) is 21.9 Å². The van der Waals surface area contributed by atoms with Crippen LogP contribution in [0.3, 0.4) is 0 Å². The topological polar surface area (TPSA) is 69.0 Å². The number of hydrogen-bond acceptors (Lipinski definition) is 5. The summed E-state index contributed by atoms with van der Waals surface area (Å²) in [6.45, 7) is 3.77. The molecule has 0 saturated heterocycles. The van der Waals surface area contributed by atoms with Crippen molar-refractivity contribution in [1.29, 1.82) is 0 Å². The molecule has 142 valence electrons. The van der Waals surface area contributed by atoms with Crippen molar-refractivity contribution >= 4 is 33.6 Å². The Bertz CT molecular complexity index is 973. The van der Waals surface area contributed by atoms with E-state index in [0.717, 1.165) is 40.7 Å². The molecule has 1 aliphatic rings. The molecule has 6 nitrogen and oxygen atoms in total. The van der Waals surface area contributed by atoms with E-state index in [1.54, 1.807) is 6.07 Å². The van der Waals surface area contributed by atoms with Crippen LogP contribution >= 0.6 is 0 Å². The van der Waals surface area contributed by atoms with E-state index in [9.17, 15) is 4.79 Å². The molecule has 1 aliphatic carbocycles. The van der Waals surface area contributed by atoms with Gasteiger partial charge in [-0.15, -0.1) is 0 Å². The largest absolute Gasteiger partial charge is 0.465 e. The van der Waals surface area contributed by atoms with E-state index in [2.05, 4.69) is 17.3 Å². The van der Waals surface area contributed by atoms with Crippen LogP contribution in [-0.2, 0) is 11.3 Å². The number of rotatable bonds is 5. The van der Waals surface area contributed by atoms with Gasteiger partial charge < -0.3 is 10.1 Å². The van der Waals surface area contributed by atoms with Gasteiger partial charge in [0.25, 0.3) is 0 Å². The molecular weight excluding hydrogens is 340 g/mol. The molecule has 0 spiro atoms. The van der Waals surface area contributed by atoms with E-state index in [4.69, 9.17) is 9.72 Å². The molecule has 6 heteroatoms. The zero-order valence-electron chi connectivity index (χ0n) is 16.0. The Morgan fingerprint density at radius 1 is 1.26 bits per heavy atom. The maximum atomic E-state index is 12.0. The van der Waals surface area contributed by atoms with Crippen LogP contribution in [0, 0.1) is 5.92 Å². The van der Waals surface area contributed by atoms with Crippen molar-refractivity contribution in [1.82, 2.24) is 14.8 Å². The number of fused-ring (bicyclic) bond motifs is 2. The molecule has 1 aromatic carbocycles. The summed E-state index contributed by atoms with van der Waals surface area (Å²) in [5.41, 5.74) is 3.29. The first-order chi connectivity index (χ1) is 13.2. The Morgan fingerprint density at radius 3 is 2.81 bits per heavy atom. The second kappa shape index (κ2) is 7.55. The number of benzene rings is 1. The van der Waals surface area contributed by atoms with E-state index in [1.807, 2.05) is 23.0 Å². The lowest BCUT2D eigenvalue weighted by molar-refractivity contribution is 0.0601. The standard InChI is InChI=1S/C21H26N4O2/c1-3-25-20-17(13-23-25)19(22-12-14-7-5-4-6-8-14)16-11-15(21(26)27-2)9-10-18(16)24-20/h9-11,13-14H,3-8,12H2,1-2H3,(H,22,24). The molecule has 0 atom stereocenters. The number of carbonyl (C=O) groups excluding carboxylic acids is 1. The molecule has 1 fully saturated rings. The molecule has 27 heavy (non-hydrogen) atoms. The molecule has 4 rings (SSSR count). The third-order valence-electron chi connectivity index (χ3n) is 5.59. The van der Waals surface area contributed by atoms with E-state index >= 15 is 0 Å². The number of pyridine rings is 1. The normalized spacial score (nSPS) is 15.3. The first kappa shape index (κ1) is 17.8. The zero-order valence-corrected chi connectivity index (χ0v) is 16.0. The third-order valence-corrected chi connectivity index (χ3v) is 5.59. The molecule has 0 bridgehead atoms. The van der Waals surface area contributed by atoms with E-state index in [-0.39, 0.29) is 5.97 Å². The minimum Gasteiger partial charge on any atom is -0.465 e. The summed E-state index contributed by atoms with van der Waals surface area (Å²) < 4.78 is 6.80. The highest BCUT2D eigenvalue weighted by Crippen LogP contribution is 2.33. The number of anilines is 1. The van der Waals surface area contributed by atoms with Gasteiger partial charge in [0.05, 0.1) is 35.5 Å². The Balaban J connectivity index is 1.81. The number of ether oxygens (including phenoxy) is 1. The molecule has 0 amide bonds. The predicted octanol–water partition coefficient (Wildman–Crippen LogP) is 4.38. The maximum Gasteiger partial charge on any atom is 0.337 e. The number of esters is 1. The molecule has 1 saturated carbocycles. The van der Waals surface area contributed by atoms with Crippen LogP contribution in [0.5, 0.6) is 0 Å². The molecule has 0 aliphatic heterocycles.